The molecule has 3 heterocycles. The third-order valence-corrected chi connectivity index (χ3v) is 4.39. The molecule has 5 heteroatoms. The Morgan fingerprint density at radius 1 is 0.920 bits per heavy atom. The topological polar surface area (TPSA) is 63.3 Å². The smallest absolute Gasteiger partial charge is 0.348 e. The van der Waals surface area contributed by atoms with E-state index in [0.29, 0.717) is 5.65 Å². The van der Waals surface area contributed by atoms with Crippen molar-refractivity contribution in [3.8, 4) is 22.5 Å². The van der Waals surface area contributed by atoms with E-state index in [0.717, 1.165) is 33.4 Å². The summed E-state index contributed by atoms with van der Waals surface area (Å²) in [6, 6.07) is 21.8. The number of furan rings is 1. The van der Waals surface area contributed by atoms with Crippen LogP contribution in [0.4, 0.5) is 0 Å². The highest BCUT2D eigenvalue weighted by Gasteiger charge is 2.13. The Balaban J connectivity index is 1.91. The van der Waals surface area contributed by atoms with Crippen LogP contribution in [0.3, 0.4) is 0 Å². The maximum Gasteiger partial charge on any atom is 0.348 e. The first-order valence-electron chi connectivity index (χ1n) is 7.94. The number of pyridine rings is 1. The van der Waals surface area contributed by atoms with Crippen molar-refractivity contribution in [2.75, 3.05) is 0 Å². The van der Waals surface area contributed by atoms with Gasteiger partial charge in [-0.25, -0.2) is 14.3 Å². The minimum Gasteiger partial charge on any atom is -0.464 e. The van der Waals surface area contributed by atoms with Crippen molar-refractivity contribution in [3.63, 3.8) is 0 Å². The Labute approximate surface area is 142 Å². The molecule has 0 saturated heterocycles. The lowest BCUT2D eigenvalue weighted by Gasteiger charge is -2.10. The zero-order valence-electron chi connectivity index (χ0n) is 13.1. The van der Waals surface area contributed by atoms with Crippen molar-refractivity contribution < 1.29 is 4.42 Å². The molecule has 0 spiro atoms. The van der Waals surface area contributed by atoms with Crippen LogP contribution in [-0.2, 0) is 0 Å². The second-order valence-electron chi connectivity index (χ2n) is 5.86. The van der Waals surface area contributed by atoms with Gasteiger partial charge in [-0.1, -0.05) is 42.5 Å². The average Bonchev–Trinajstić information content (AvgIpc) is 3.32. The molecule has 0 atom stereocenters. The molecule has 5 rings (SSSR count). The first kappa shape index (κ1) is 13.8. The van der Waals surface area contributed by atoms with Crippen LogP contribution in [-0.4, -0.2) is 14.6 Å². The number of nitrogens with one attached hydrogen (secondary N) is 1. The molecule has 5 nitrogen and oxygen atoms in total. The van der Waals surface area contributed by atoms with Gasteiger partial charge in [0.1, 0.15) is 5.76 Å². The average molecular weight is 327 g/mol. The van der Waals surface area contributed by atoms with Crippen LogP contribution in [0.2, 0.25) is 0 Å². The molecule has 0 bridgehead atoms. The van der Waals surface area contributed by atoms with Crippen LogP contribution in [0.1, 0.15) is 0 Å². The Bertz CT molecular complexity index is 1250. The molecule has 0 aliphatic heterocycles. The normalized spacial score (nSPS) is 11.4. The molecule has 0 amide bonds. The number of aromatic nitrogens is 3. The molecule has 0 fully saturated rings. The lowest BCUT2D eigenvalue weighted by Crippen LogP contribution is -2.10. The fraction of sp³-hybridized carbons (Fsp3) is 0. The summed E-state index contributed by atoms with van der Waals surface area (Å²) in [4.78, 5) is 12.3. The molecule has 25 heavy (non-hydrogen) atoms. The number of fused-ring (bicyclic) bond motifs is 3. The fourth-order valence-corrected chi connectivity index (χ4v) is 3.24. The predicted molar refractivity (Wildman–Crippen MR) is 96.5 cm³/mol. The Morgan fingerprint density at radius 2 is 1.80 bits per heavy atom. The fourth-order valence-electron chi connectivity index (χ4n) is 3.24. The van der Waals surface area contributed by atoms with Gasteiger partial charge in [0, 0.05) is 10.9 Å². The highest BCUT2D eigenvalue weighted by Crippen LogP contribution is 2.32. The van der Waals surface area contributed by atoms with Gasteiger partial charge in [-0.2, -0.15) is 5.10 Å². The number of rotatable bonds is 2. The van der Waals surface area contributed by atoms with Crippen LogP contribution >= 0.6 is 0 Å². The van der Waals surface area contributed by atoms with Crippen molar-refractivity contribution in [2.24, 2.45) is 0 Å². The molecule has 1 N–H and O–H groups in total. The standard InChI is InChI=1S/C20H13N3O2/c24-20-22-21-19-12-16(13-5-2-1-3-6-13)15-9-8-14(11-17(15)23(19)20)18-7-4-10-25-18/h1-12H,(H,22,24). The molecule has 2 aromatic carbocycles. The number of hydrogen-bond donors (Lipinski definition) is 1. The summed E-state index contributed by atoms with van der Waals surface area (Å²) in [5.74, 6) is 0.761. The van der Waals surface area contributed by atoms with Crippen molar-refractivity contribution in [1.82, 2.24) is 14.6 Å². The molecule has 0 aliphatic carbocycles. The maximum absolute atomic E-state index is 12.3. The van der Waals surface area contributed by atoms with E-state index >= 15 is 0 Å². The van der Waals surface area contributed by atoms with Crippen molar-refractivity contribution in [1.29, 1.82) is 0 Å². The van der Waals surface area contributed by atoms with Gasteiger partial charge in [-0.05, 0) is 35.4 Å². The van der Waals surface area contributed by atoms with Gasteiger partial charge in [0.05, 0.1) is 11.8 Å². The molecule has 3 aromatic heterocycles. The molecular formula is C20H13N3O2. The molecule has 5 aromatic rings. The summed E-state index contributed by atoms with van der Waals surface area (Å²) in [5, 5.41) is 7.67. The molecular weight excluding hydrogens is 314 g/mol. The van der Waals surface area contributed by atoms with Crippen LogP contribution in [0, 0.1) is 0 Å². The van der Waals surface area contributed by atoms with Crippen LogP contribution in [0.25, 0.3) is 39.0 Å². The second-order valence-corrected chi connectivity index (χ2v) is 5.86. The number of aromatic amines is 1. The van der Waals surface area contributed by atoms with Crippen molar-refractivity contribution in [3.05, 3.63) is 83.5 Å². The van der Waals surface area contributed by atoms with E-state index in [9.17, 15) is 4.79 Å². The first-order valence-corrected chi connectivity index (χ1v) is 7.94. The van der Waals surface area contributed by atoms with Crippen LogP contribution < -0.4 is 5.69 Å². The van der Waals surface area contributed by atoms with E-state index in [1.165, 1.54) is 0 Å². The Hall–Kier alpha value is -3.60. The van der Waals surface area contributed by atoms with E-state index in [1.807, 2.05) is 54.6 Å². The number of nitrogens with zero attached hydrogens (tertiary/aromatic N) is 2. The third kappa shape index (κ3) is 2.10. The lowest BCUT2D eigenvalue weighted by molar-refractivity contribution is 0.582. The molecule has 0 saturated carbocycles. The Kier molecular flexibility index (Phi) is 2.87. The van der Waals surface area contributed by atoms with Gasteiger partial charge in [-0.15, -0.1) is 0 Å². The molecule has 0 unspecified atom stereocenters. The maximum atomic E-state index is 12.3. The van der Waals surface area contributed by atoms with Gasteiger partial charge in [-0.3, -0.25) is 0 Å². The summed E-state index contributed by atoms with van der Waals surface area (Å²) in [6.45, 7) is 0. The van der Waals surface area contributed by atoms with E-state index in [-0.39, 0.29) is 5.69 Å². The Morgan fingerprint density at radius 3 is 2.60 bits per heavy atom. The first-order chi connectivity index (χ1) is 12.3. The quantitative estimate of drug-likeness (QED) is 0.531. The number of benzene rings is 2. The third-order valence-electron chi connectivity index (χ3n) is 4.39. The van der Waals surface area contributed by atoms with Gasteiger partial charge in [0.15, 0.2) is 5.65 Å². The molecule has 120 valence electrons. The summed E-state index contributed by atoms with van der Waals surface area (Å²) >= 11 is 0. The zero-order valence-corrected chi connectivity index (χ0v) is 13.1. The predicted octanol–water partition coefficient (Wildman–Crippen LogP) is 4.10. The van der Waals surface area contributed by atoms with Crippen molar-refractivity contribution in [2.45, 2.75) is 0 Å². The summed E-state index contributed by atoms with van der Waals surface area (Å²) in [5.41, 5.74) is 4.16. The van der Waals surface area contributed by atoms with E-state index < -0.39 is 0 Å². The zero-order chi connectivity index (χ0) is 16.8. The van der Waals surface area contributed by atoms with Gasteiger partial charge >= 0.3 is 5.69 Å². The number of H-pyrrole nitrogens is 1. The summed E-state index contributed by atoms with van der Waals surface area (Å²) in [7, 11) is 0. The number of hydrogen-bond acceptors (Lipinski definition) is 3. The lowest BCUT2D eigenvalue weighted by atomic mass is 9.99. The van der Waals surface area contributed by atoms with Crippen molar-refractivity contribution >= 4 is 16.6 Å². The van der Waals surface area contributed by atoms with Gasteiger partial charge in [0.25, 0.3) is 0 Å². The minimum atomic E-state index is -0.254. The van der Waals surface area contributed by atoms with Gasteiger partial charge in [0.2, 0.25) is 0 Å². The highest BCUT2D eigenvalue weighted by atomic mass is 16.3. The van der Waals surface area contributed by atoms with Crippen LogP contribution in [0.5, 0.6) is 0 Å². The second kappa shape index (κ2) is 5.21. The molecule has 0 radical (unpaired) electrons. The van der Waals surface area contributed by atoms with Gasteiger partial charge < -0.3 is 4.42 Å². The summed E-state index contributed by atoms with van der Waals surface area (Å²) in [6.07, 6.45) is 1.64. The molecule has 0 aliphatic rings. The highest BCUT2D eigenvalue weighted by molar-refractivity contribution is 5.98. The van der Waals surface area contributed by atoms with E-state index in [4.69, 9.17) is 4.42 Å². The minimum absolute atomic E-state index is 0.254. The van der Waals surface area contributed by atoms with Crippen LogP contribution in [0.15, 0.2) is 82.2 Å². The summed E-state index contributed by atoms with van der Waals surface area (Å²) < 4.78 is 7.09. The largest absolute Gasteiger partial charge is 0.464 e. The van der Waals surface area contributed by atoms with E-state index in [2.05, 4.69) is 22.3 Å². The SMILES string of the molecule is O=c1[nH]nc2cc(-c3ccccc3)c3ccc(-c4ccco4)cc3n12. The monoisotopic (exact) mass is 327 g/mol. The van der Waals surface area contributed by atoms with E-state index in [1.54, 1.807) is 10.7 Å².